The van der Waals surface area contributed by atoms with E-state index < -0.39 is 4.92 Å². The van der Waals surface area contributed by atoms with E-state index in [4.69, 9.17) is 9.47 Å². The van der Waals surface area contributed by atoms with Crippen LogP contribution >= 0.6 is 15.9 Å². The highest BCUT2D eigenvalue weighted by atomic mass is 79.9. The van der Waals surface area contributed by atoms with E-state index in [1.807, 2.05) is 13.0 Å². The van der Waals surface area contributed by atoms with Crippen LogP contribution in [0.4, 0.5) is 5.69 Å². The standard InChI is InChI=1S/C23H18BrN5O5/c1-3-33-21-10-15(4-8-20(21)34-22-9-6-17(13-25-22)29(31)32)12-26-28-14(2)27-19-7-5-16(24)11-18(19)23(28)30/h4-13H,3H2,1-2H3. The first-order valence-electron chi connectivity index (χ1n) is 10.1. The summed E-state index contributed by atoms with van der Waals surface area (Å²) in [4.78, 5) is 31.6. The Morgan fingerprint density at radius 3 is 2.71 bits per heavy atom. The van der Waals surface area contributed by atoms with E-state index in [2.05, 4.69) is 31.0 Å². The summed E-state index contributed by atoms with van der Waals surface area (Å²) in [6, 6.07) is 13.1. The van der Waals surface area contributed by atoms with Crippen LogP contribution in [0.15, 0.2) is 69.1 Å². The average molecular weight is 524 g/mol. The fraction of sp³-hybridized carbons (Fsp3) is 0.130. The molecule has 0 unspecified atom stereocenters. The van der Waals surface area contributed by atoms with E-state index in [0.717, 1.165) is 10.7 Å². The fourth-order valence-electron chi connectivity index (χ4n) is 3.13. The molecule has 34 heavy (non-hydrogen) atoms. The summed E-state index contributed by atoms with van der Waals surface area (Å²) in [6.07, 6.45) is 2.64. The molecule has 2 heterocycles. The van der Waals surface area contributed by atoms with Gasteiger partial charge in [0, 0.05) is 16.6 Å². The number of pyridine rings is 1. The summed E-state index contributed by atoms with van der Waals surface area (Å²) in [5.41, 5.74) is 0.838. The molecule has 0 saturated carbocycles. The van der Waals surface area contributed by atoms with Crippen molar-refractivity contribution in [3.63, 3.8) is 0 Å². The summed E-state index contributed by atoms with van der Waals surface area (Å²) < 4.78 is 13.4. The van der Waals surface area contributed by atoms with Crippen molar-refractivity contribution < 1.29 is 14.4 Å². The zero-order valence-corrected chi connectivity index (χ0v) is 19.7. The Morgan fingerprint density at radius 1 is 1.18 bits per heavy atom. The lowest BCUT2D eigenvalue weighted by molar-refractivity contribution is -0.385. The maximum atomic E-state index is 12.9. The first-order valence-corrected chi connectivity index (χ1v) is 10.9. The minimum atomic E-state index is -0.534. The van der Waals surface area contributed by atoms with E-state index in [9.17, 15) is 14.9 Å². The topological polar surface area (TPSA) is 122 Å². The van der Waals surface area contributed by atoms with Crippen molar-refractivity contribution in [3.05, 3.63) is 91.1 Å². The van der Waals surface area contributed by atoms with Crippen LogP contribution in [0.25, 0.3) is 10.9 Å². The van der Waals surface area contributed by atoms with Crippen LogP contribution in [0.1, 0.15) is 18.3 Å². The van der Waals surface area contributed by atoms with Crippen LogP contribution in [-0.2, 0) is 0 Å². The predicted molar refractivity (Wildman–Crippen MR) is 130 cm³/mol. The lowest BCUT2D eigenvalue weighted by Crippen LogP contribution is -2.20. The van der Waals surface area contributed by atoms with Gasteiger partial charge in [-0.15, -0.1) is 0 Å². The quantitative estimate of drug-likeness (QED) is 0.193. The molecule has 0 aliphatic heterocycles. The maximum absolute atomic E-state index is 12.9. The molecular formula is C23H18BrN5O5. The molecule has 10 nitrogen and oxygen atoms in total. The number of ether oxygens (including phenoxy) is 2. The van der Waals surface area contributed by atoms with Crippen LogP contribution in [0.3, 0.4) is 0 Å². The second kappa shape index (κ2) is 9.79. The fourth-order valence-corrected chi connectivity index (χ4v) is 3.49. The van der Waals surface area contributed by atoms with Gasteiger partial charge < -0.3 is 9.47 Å². The lowest BCUT2D eigenvalue weighted by Gasteiger charge is -2.11. The molecule has 4 aromatic rings. The highest BCUT2D eigenvalue weighted by Gasteiger charge is 2.11. The van der Waals surface area contributed by atoms with Gasteiger partial charge in [-0.3, -0.25) is 14.9 Å². The van der Waals surface area contributed by atoms with E-state index in [1.54, 1.807) is 37.3 Å². The average Bonchev–Trinajstić information content (AvgIpc) is 2.81. The van der Waals surface area contributed by atoms with Gasteiger partial charge in [-0.05, 0) is 55.8 Å². The number of fused-ring (bicyclic) bond motifs is 1. The van der Waals surface area contributed by atoms with Crippen molar-refractivity contribution in [1.82, 2.24) is 14.6 Å². The second-order valence-corrected chi connectivity index (χ2v) is 7.95. The van der Waals surface area contributed by atoms with Crippen molar-refractivity contribution in [2.45, 2.75) is 13.8 Å². The Labute approximate surface area is 201 Å². The molecular weight excluding hydrogens is 506 g/mol. The summed E-state index contributed by atoms with van der Waals surface area (Å²) in [6.45, 7) is 3.92. The number of aromatic nitrogens is 3. The molecule has 0 radical (unpaired) electrons. The highest BCUT2D eigenvalue weighted by Crippen LogP contribution is 2.32. The second-order valence-electron chi connectivity index (χ2n) is 7.04. The summed E-state index contributed by atoms with van der Waals surface area (Å²) in [7, 11) is 0. The SMILES string of the molecule is CCOc1cc(C=Nn2c(C)nc3ccc(Br)cc3c2=O)ccc1Oc1ccc([N+](=O)[O-])cn1. The van der Waals surface area contributed by atoms with E-state index in [-0.39, 0.29) is 17.1 Å². The zero-order chi connectivity index (χ0) is 24.2. The van der Waals surface area contributed by atoms with Crippen LogP contribution in [0.5, 0.6) is 17.4 Å². The smallest absolute Gasteiger partial charge is 0.287 e. The van der Waals surface area contributed by atoms with Gasteiger partial charge in [0.1, 0.15) is 12.0 Å². The van der Waals surface area contributed by atoms with Crippen LogP contribution < -0.4 is 15.0 Å². The number of nitro groups is 1. The van der Waals surface area contributed by atoms with Gasteiger partial charge in [-0.25, -0.2) is 9.97 Å². The molecule has 0 amide bonds. The molecule has 0 atom stereocenters. The normalized spacial score (nSPS) is 11.1. The summed E-state index contributed by atoms with van der Waals surface area (Å²) >= 11 is 3.37. The third-order valence-electron chi connectivity index (χ3n) is 4.71. The highest BCUT2D eigenvalue weighted by molar-refractivity contribution is 9.10. The lowest BCUT2D eigenvalue weighted by atomic mass is 10.2. The van der Waals surface area contributed by atoms with Crippen molar-refractivity contribution in [3.8, 4) is 17.4 Å². The minimum Gasteiger partial charge on any atom is -0.490 e. The molecule has 0 saturated heterocycles. The number of halogens is 1. The summed E-state index contributed by atoms with van der Waals surface area (Å²) in [5.74, 6) is 1.44. The van der Waals surface area contributed by atoms with Crippen LogP contribution in [-0.4, -0.2) is 32.4 Å². The van der Waals surface area contributed by atoms with Crippen LogP contribution in [0, 0.1) is 17.0 Å². The molecule has 4 rings (SSSR count). The molecule has 172 valence electrons. The molecule has 0 spiro atoms. The molecule has 11 heteroatoms. The maximum Gasteiger partial charge on any atom is 0.287 e. The monoisotopic (exact) mass is 523 g/mol. The van der Waals surface area contributed by atoms with Gasteiger partial charge in [0.2, 0.25) is 5.88 Å². The van der Waals surface area contributed by atoms with E-state index in [0.29, 0.717) is 40.4 Å². The third kappa shape index (κ3) is 4.94. The Balaban J connectivity index is 1.63. The molecule has 2 aromatic carbocycles. The molecule has 0 aliphatic rings. The Hall–Kier alpha value is -4.12. The Bertz CT molecular complexity index is 1470. The molecule has 0 N–H and O–H groups in total. The largest absolute Gasteiger partial charge is 0.490 e. The van der Waals surface area contributed by atoms with Crippen molar-refractivity contribution in [2.24, 2.45) is 5.10 Å². The number of aryl methyl sites for hydroxylation is 1. The zero-order valence-electron chi connectivity index (χ0n) is 18.1. The van der Waals surface area contributed by atoms with Gasteiger partial charge in [-0.2, -0.15) is 9.78 Å². The number of hydrogen-bond acceptors (Lipinski definition) is 8. The number of rotatable bonds is 7. The summed E-state index contributed by atoms with van der Waals surface area (Å²) in [5, 5.41) is 15.6. The van der Waals surface area contributed by atoms with Crippen LogP contribution in [0.2, 0.25) is 0 Å². The third-order valence-corrected chi connectivity index (χ3v) is 5.20. The predicted octanol–water partition coefficient (Wildman–Crippen LogP) is 4.84. The molecule has 0 bridgehead atoms. The Kier molecular flexibility index (Phi) is 6.64. The Morgan fingerprint density at radius 2 is 2.00 bits per heavy atom. The first-order chi connectivity index (χ1) is 16.4. The van der Waals surface area contributed by atoms with Crippen molar-refractivity contribution in [1.29, 1.82) is 0 Å². The van der Waals surface area contributed by atoms with Gasteiger partial charge in [0.15, 0.2) is 11.5 Å². The number of nitrogens with zero attached hydrogens (tertiary/aromatic N) is 5. The van der Waals surface area contributed by atoms with E-state index >= 15 is 0 Å². The minimum absolute atomic E-state index is 0.134. The number of hydrogen-bond donors (Lipinski definition) is 0. The molecule has 0 aliphatic carbocycles. The van der Waals surface area contributed by atoms with E-state index in [1.165, 1.54) is 23.0 Å². The molecule has 0 fully saturated rings. The van der Waals surface area contributed by atoms with Crippen molar-refractivity contribution in [2.75, 3.05) is 6.61 Å². The van der Waals surface area contributed by atoms with Gasteiger partial charge >= 0.3 is 0 Å². The van der Waals surface area contributed by atoms with Crippen molar-refractivity contribution >= 4 is 38.7 Å². The van der Waals surface area contributed by atoms with Gasteiger partial charge in [0.05, 0.1) is 28.6 Å². The molecule has 2 aromatic heterocycles. The first kappa shape index (κ1) is 23.1. The van der Waals surface area contributed by atoms with Gasteiger partial charge in [-0.1, -0.05) is 15.9 Å². The number of benzene rings is 2. The van der Waals surface area contributed by atoms with Gasteiger partial charge in [0.25, 0.3) is 11.2 Å².